The van der Waals surface area contributed by atoms with Crippen LogP contribution in [0.15, 0.2) is 50.7 Å². The lowest BCUT2D eigenvalue weighted by Crippen LogP contribution is -2.37. The van der Waals surface area contributed by atoms with Gasteiger partial charge in [0.15, 0.2) is 6.61 Å². The molecule has 0 unspecified atom stereocenters. The summed E-state index contributed by atoms with van der Waals surface area (Å²) < 4.78 is 29.8. The van der Waals surface area contributed by atoms with E-state index in [2.05, 4.69) is 34.7 Å². The predicted octanol–water partition coefficient (Wildman–Crippen LogP) is 8.26. The molecule has 0 radical (unpaired) electrons. The van der Waals surface area contributed by atoms with Gasteiger partial charge < -0.3 is 14.7 Å². The molecule has 0 saturated carbocycles. The Kier molecular flexibility index (Phi) is 9.85. The topological polar surface area (TPSA) is 90.2 Å². The maximum atomic E-state index is 11.6. The van der Waals surface area contributed by atoms with Crippen molar-refractivity contribution < 1.29 is 23.7 Å². The van der Waals surface area contributed by atoms with E-state index >= 15 is 0 Å². The van der Waals surface area contributed by atoms with E-state index in [1.165, 1.54) is 11.8 Å². The fourth-order valence-corrected chi connectivity index (χ4v) is 7.77. The highest BCUT2D eigenvalue weighted by Crippen LogP contribution is 2.62. The summed E-state index contributed by atoms with van der Waals surface area (Å²) >= 11 is 4.97. The molecule has 0 aliphatic carbocycles. The molecule has 6 nitrogen and oxygen atoms in total. The molecule has 1 aliphatic heterocycles. The summed E-state index contributed by atoms with van der Waals surface area (Å²) in [6.45, 7) is 4.53. The molecule has 1 heterocycles. The summed E-state index contributed by atoms with van der Waals surface area (Å²) in [5.74, 6) is -0.422. The summed E-state index contributed by atoms with van der Waals surface area (Å²) in [5.41, 5.74) is 1.46. The number of anilines is 2. The highest BCUT2D eigenvalue weighted by Gasteiger charge is 2.42. The number of carboxylic acid groups (broad SMARTS) is 1. The van der Waals surface area contributed by atoms with E-state index in [4.69, 9.17) is 9.84 Å². The van der Waals surface area contributed by atoms with Crippen LogP contribution < -0.4 is 9.64 Å². The molecular weight excluding hydrogens is 550 g/mol. The number of nitrogens with zero attached hydrogens (tertiary/aromatic N) is 1. The van der Waals surface area contributed by atoms with Crippen LogP contribution in [0.5, 0.6) is 5.75 Å². The molecular formula is C26H36BrNO5S2. The minimum Gasteiger partial charge on any atom is -0.481 e. The minimum absolute atomic E-state index is 0.265. The van der Waals surface area contributed by atoms with Gasteiger partial charge in [-0.3, -0.25) is 9.11 Å². The summed E-state index contributed by atoms with van der Waals surface area (Å²) in [5, 5.41) is 9.13. The highest BCUT2D eigenvalue weighted by molar-refractivity contribution is 9.10. The van der Waals surface area contributed by atoms with Gasteiger partial charge in [0.2, 0.25) is 0 Å². The number of halogens is 1. The first-order valence-electron chi connectivity index (χ1n) is 12.0. The molecule has 35 heavy (non-hydrogen) atoms. The van der Waals surface area contributed by atoms with E-state index in [-0.39, 0.29) is 11.2 Å². The zero-order chi connectivity index (χ0) is 25.6. The Hall–Kier alpha value is -1.39. The molecule has 3 N–H and O–H groups in total. The fourth-order valence-electron chi connectivity index (χ4n) is 4.77. The van der Waals surface area contributed by atoms with E-state index in [0.29, 0.717) is 17.2 Å². The van der Waals surface area contributed by atoms with Crippen LogP contribution in [-0.2, 0) is 4.79 Å². The van der Waals surface area contributed by atoms with Gasteiger partial charge in [0.05, 0.1) is 15.5 Å². The Bertz CT molecular complexity index is 1010. The van der Waals surface area contributed by atoms with Gasteiger partial charge in [0.1, 0.15) is 5.75 Å². The maximum Gasteiger partial charge on any atom is 0.341 e. The number of thioether (sulfide) groups is 1. The van der Waals surface area contributed by atoms with E-state index < -0.39 is 23.2 Å². The molecule has 0 saturated heterocycles. The number of hydrogen-bond acceptors (Lipinski definition) is 6. The van der Waals surface area contributed by atoms with Crippen LogP contribution >= 0.6 is 38.3 Å². The lowest BCUT2D eigenvalue weighted by molar-refractivity contribution is -0.139. The first-order valence-corrected chi connectivity index (χ1v) is 15.7. The fraction of sp³-hybridized carbons (Fsp3) is 0.500. The Morgan fingerprint density at radius 2 is 1.77 bits per heavy atom. The average Bonchev–Trinajstić information content (AvgIpc) is 2.92. The third-order valence-corrected chi connectivity index (χ3v) is 9.83. The minimum atomic E-state index is -3.17. The van der Waals surface area contributed by atoms with Crippen molar-refractivity contribution in [3.63, 3.8) is 0 Å². The van der Waals surface area contributed by atoms with Crippen LogP contribution in [0, 0.1) is 5.41 Å². The molecule has 2 aromatic carbocycles. The van der Waals surface area contributed by atoms with Crippen molar-refractivity contribution in [2.24, 2.45) is 5.41 Å². The molecule has 0 atom stereocenters. The summed E-state index contributed by atoms with van der Waals surface area (Å²) in [6.07, 6.45) is 7.86. The van der Waals surface area contributed by atoms with Crippen LogP contribution in [-0.4, -0.2) is 45.3 Å². The Morgan fingerprint density at radius 3 is 2.31 bits per heavy atom. The van der Waals surface area contributed by atoms with Crippen molar-refractivity contribution in [1.29, 1.82) is 0 Å². The van der Waals surface area contributed by atoms with Gasteiger partial charge >= 0.3 is 5.97 Å². The standard InChI is InChI=1S/C26H36BrNO5S2/c1-4-6-12-26(13-7-5-2)17-28(20-10-8-19(27)9-11-20)21-14-23(34-3)22(33-16-25(29)30)15-24(21)35(31,32)18-26/h8-11,14-15,31-32H,4-7,12-13,16-18H2,1-3H3,(H,29,30). The Labute approximate surface area is 222 Å². The monoisotopic (exact) mass is 585 g/mol. The van der Waals surface area contributed by atoms with Crippen LogP contribution in [0.25, 0.3) is 0 Å². The second-order valence-corrected chi connectivity index (χ2v) is 13.1. The average molecular weight is 587 g/mol. The van der Waals surface area contributed by atoms with Gasteiger partial charge in [-0.25, -0.2) is 4.79 Å². The largest absolute Gasteiger partial charge is 0.481 e. The van der Waals surface area contributed by atoms with Crippen molar-refractivity contribution in [3.05, 3.63) is 40.9 Å². The van der Waals surface area contributed by atoms with Crippen LogP contribution in [0.1, 0.15) is 52.4 Å². The predicted molar refractivity (Wildman–Crippen MR) is 150 cm³/mol. The number of hydrogen-bond donors (Lipinski definition) is 3. The Balaban J connectivity index is 2.22. The highest BCUT2D eigenvalue weighted by atomic mass is 79.9. The SMILES string of the molecule is CCCCC1(CCCC)CN(c2ccc(Br)cc2)c2cc(SC)c(OCC(=O)O)cc2S(O)(O)C1. The number of unbranched alkanes of at least 4 members (excludes halogenated alkanes) is 2. The van der Waals surface area contributed by atoms with E-state index in [1.54, 1.807) is 6.07 Å². The molecule has 194 valence electrons. The summed E-state index contributed by atoms with van der Waals surface area (Å²) in [6, 6.07) is 11.7. The van der Waals surface area contributed by atoms with Gasteiger partial charge in [-0.15, -0.1) is 11.8 Å². The van der Waals surface area contributed by atoms with Gasteiger partial charge in [-0.2, -0.15) is 10.6 Å². The summed E-state index contributed by atoms with van der Waals surface area (Å²) in [7, 11) is -3.17. The molecule has 0 amide bonds. The van der Waals surface area contributed by atoms with Gasteiger partial charge in [0.25, 0.3) is 0 Å². The van der Waals surface area contributed by atoms with Gasteiger partial charge in [0, 0.05) is 33.9 Å². The lowest BCUT2D eigenvalue weighted by atomic mass is 9.79. The number of ether oxygens (including phenoxy) is 1. The normalized spacial score (nSPS) is 17.4. The van der Waals surface area contributed by atoms with Gasteiger partial charge in [-0.1, -0.05) is 55.5 Å². The third kappa shape index (κ3) is 6.89. The molecule has 3 rings (SSSR count). The first kappa shape index (κ1) is 28.2. The number of carbonyl (C=O) groups is 1. The van der Waals surface area contributed by atoms with Crippen molar-refractivity contribution >= 4 is 55.6 Å². The second-order valence-electron chi connectivity index (χ2n) is 9.23. The van der Waals surface area contributed by atoms with Crippen molar-refractivity contribution in [1.82, 2.24) is 0 Å². The smallest absolute Gasteiger partial charge is 0.341 e. The third-order valence-electron chi connectivity index (χ3n) is 6.50. The number of carboxylic acids is 1. The summed E-state index contributed by atoms with van der Waals surface area (Å²) in [4.78, 5) is 14.6. The van der Waals surface area contributed by atoms with E-state index in [1.807, 2.05) is 36.6 Å². The second kappa shape index (κ2) is 12.2. The number of benzene rings is 2. The van der Waals surface area contributed by atoms with Crippen molar-refractivity contribution in [2.45, 2.75) is 62.2 Å². The molecule has 0 aromatic heterocycles. The van der Waals surface area contributed by atoms with Crippen LogP contribution in [0.2, 0.25) is 0 Å². The Morgan fingerprint density at radius 1 is 1.14 bits per heavy atom. The van der Waals surface area contributed by atoms with Crippen molar-refractivity contribution in [3.8, 4) is 5.75 Å². The first-order chi connectivity index (χ1) is 16.6. The van der Waals surface area contributed by atoms with Crippen LogP contribution in [0.3, 0.4) is 0 Å². The zero-order valence-electron chi connectivity index (χ0n) is 20.6. The lowest BCUT2D eigenvalue weighted by Gasteiger charge is -2.42. The number of aliphatic carboxylic acids is 1. The van der Waals surface area contributed by atoms with E-state index in [9.17, 15) is 13.9 Å². The van der Waals surface area contributed by atoms with Crippen LogP contribution in [0.4, 0.5) is 11.4 Å². The van der Waals surface area contributed by atoms with Gasteiger partial charge in [-0.05, 0) is 49.4 Å². The molecule has 0 fully saturated rings. The maximum absolute atomic E-state index is 11.6. The number of rotatable bonds is 11. The van der Waals surface area contributed by atoms with Crippen molar-refractivity contribution in [2.75, 3.05) is 30.1 Å². The molecule has 0 bridgehead atoms. The molecule has 9 heteroatoms. The quantitative estimate of drug-likeness (QED) is 0.228. The zero-order valence-corrected chi connectivity index (χ0v) is 23.8. The molecule has 2 aromatic rings. The van der Waals surface area contributed by atoms with E-state index in [0.717, 1.165) is 59.3 Å². The molecule has 1 aliphatic rings. The number of fused-ring (bicyclic) bond motifs is 1. The molecule has 0 spiro atoms.